The minimum absolute atomic E-state index is 0.121. The fourth-order valence-corrected chi connectivity index (χ4v) is 2.30. The molecule has 1 amide bonds. The van der Waals surface area contributed by atoms with Crippen LogP contribution in [-0.2, 0) is 4.79 Å². The van der Waals surface area contributed by atoms with Crippen molar-refractivity contribution >= 4 is 11.6 Å². The summed E-state index contributed by atoms with van der Waals surface area (Å²) in [7, 11) is 0. The van der Waals surface area contributed by atoms with Gasteiger partial charge in [-0.3, -0.25) is 4.79 Å². The fraction of sp³-hybridized carbons (Fsp3) is 0.300. The number of para-hydroxylation sites is 1. The van der Waals surface area contributed by atoms with Crippen molar-refractivity contribution < 1.29 is 14.6 Å². The van der Waals surface area contributed by atoms with Crippen molar-refractivity contribution in [2.75, 3.05) is 6.61 Å². The zero-order chi connectivity index (χ0) is 18.2. The molecule has 132 valence electrons. The number of amides is 1. The van der Waals surface area contributed by atoms with Crippen LogP contribution in [0, 0.1) is 0 Å². The third-order valence-corrected chi connectivity index (χ3v) is 4.07. The molecule has 0 fully saturated rings. The van der Waals surface area contributed by atoms with Crippen LogP contribution in [0.3, 0.4) is 0 Å². The van der Waals surface area contributed by atoms with Gasteiger partial charge in [0.05, 0.1) is 5.71 Å². The van der Waals surface area contributed by atoms with Crippen LogP contribution < -0.4 is 10.2 Å². The van der Waals surface area contributed by atoms with Gasteiger partial charge in [-0.2, -0.15) is 5.10 Å². The lowest BCUT2D eigenvalue weighted by Crippen LogP contribution is -2.25. The molecular formula is C20H24N2O3. The van der Waals surface area contributed by atoms with Crippen molar-refractivity contribution in [3.05, 3.63) is 59.7 Å². The molecule has 0 saturated carbocycles. The lowest BCUT2D eigenvalue weighted by atomic mass is 9.99. The Hall–Kier alpha value is -2.82. The summed E-state index contributed by atoms with van der Waals surface area (Å²) < 4.78 is 5.47. The molecule has 0 spiro atoms. The summed E-state index contributed by atoms with van der Waals surface area (Å²) in [5, 5.41) is 13.8. The maximum atomic E-state index is 11.9. The summed E-state index contributed by atoms with van der Waals surface area (Å²) in [6.07, 6.45) is 1.08. The smallest absolute Gasteiger partial charge is 0.277 e. The Kier molecular flexibility index (Phi) is 6.57. The average molecular weight is 340 g/mol. The zero-order valence-electron chi connectivity index (χ0n) is 14.8. The molecule has 0 bridgehead atoms. The highest BCUT2D eigenvalue weighted by Crippen LogP contribution is 2.21. The number of ether oxygens (including phenoxy) is 1. The molecule has 2 aromatic rings. The average Bonchev–Trinajstić information content (AvgIpc) is 2.64. The highest BCUT2D eigenvalue weighted by atomic mass is 16.5. The molecule has 0 aromatic heterocycles. The monoisotopic (exact) mass is 340 g/mol. The first-order chi connectivity index (χ1) is 12.0. The normalized spacial score (nSPS) is 12.5. The number of aromatic hydroxyl groups is 1. The number of nitrogens with zero attached hydrogens (tertiary/aromatic N) is 1. The lowest BCUT2D eigenvalue weighted by molar-refractivity contribution is -0.123. The summed E-state index contributed by atoms with van der Waals surface area (Å²) in [4.78, 5) is 11.9. The largest absolute Gasteiger partial charge is 0.507 e. The van der Waals surface area contributed by atoms with E-state index in [1.165, 1.54) is 5.56 Å². The standard InChI is InChI=1S/C20H24N2O3/c1-4-14(2)16-9-11-17(12-10-16)25-13-20(24)22-21-15(3)18-7-5-6-8-19(18)23/h5-12,14,23H,4,13H2,1-3H3,(H,22,24). The number of rotatable bonds is 7. The predicted molar refractivity (Wildman–Crippen MR) is 99.1 cm³/mol. The Bertz CT molecular complexity index is 739. The first-order valence-electron chi connectivity index (χ1n) is 8.35. The van der Waals surface area contributed by atoms with Crippen LogP contribution in [0.15, 0.2) is 53.6 Å². The van der Waals surface area contributed by atoms with Gasteiger partial charge in [-0.05, 0) is 49.1 Å². The molecule has 5 heteroatoms. The van der Waals surface area contributed by atoms with Gasteiger partial charge in [0.15, 0.2) is 6.61 Å². The summed E-state index contributed by atoms with van der Waals surface area (Å²) in [6, 6.07) is 14.6. The third-order valence-electron chi connectivity index (χ3n) is 4.07. The number of phenols is 1. The van der Waals surface area contributed by atoms with E-state index in [2.05, 4.69) is 24.4 Å². The Morgan fingerprint density at radius 2 is 1.88 bits per heavy atom. The Balaban J connectivity index is 1.86. The number of phenolic OH excluding ortho intramolecular Hbond substituents is 1. The van der Waals surface area contributed by atoms with Crippen LogP contribution in [0.1, 0.15) is 44.2 Å². The van der Waals surface area contributed by atoms with Crippen LogP contribution in [0.4, 0.5) is 0 Å². The van der Waals surface area contributed by atoms with E-state index in [-0.39, 0.29) is 18.3 Å². The topological polar surface area (TPSA) is 70.9 Å². The molecule has 0 heterocycles. The van der Waals surface area contributed by atoms with E-state index < -0.39 is 0 Å². The van der Waals surface area contributed by atoms with Crippen molar-refractivity contribution in [1.29, 1.82) is 0 Å². The molecule has 1 atom stereocenters. The van der Waals surface area contributed by atoms with Crippen molar-refractivity contribution in [1.82, 2.24) is 5.43 Å². The number of nitrogens with one attached hydrogen (secondary N) is 1. The van der Waals surface area contributed by atoms with E-state index in [1.54, 1.807) is 31.2 Å². The molecule has 5 nitrogen and oxygen atoms in total. The van der Waals surface area contributed by atoms with Crippen LogP contribution in [0.5, 0.6) is 11.5 Å². The number of carbonyl (C=O) groups excluding carboxylic acids is 1. The molecule has 0 aliphatic heterocycles. The Morgan fingerprint density at radius 1 is 1.20 bits per heavy atom. The molecule has 0 aliphatic carbocycles. The molecule has 2 N–H and O–H groups in total. The second-order valence-corrected chi connectivity index (χ2v) is 5.92. The maximum Gasteiger partial charge on any atom is 0.277 e. The second kappa shape index (κ2) is 8.87. The molecule has 1 unspecified atom stereocenters. The van der Waals surface area contributed by atoms with Crippen molar-refractivity contribution in [3.63, 3.8) is 0 Å². The van der Waals surface area contributed by atoms with Gasteiger partial charge in [-0.1, -0.05) is 38.1 Å². The summed E-state index contributed by atoms with van der Waals surface area (Å²) in [5.74, 6) is 0.907. The van der Waals surface area contributed by atoms with Crippen molar-refractivity contribution in [3.8, 4) is 11.5 Å². The van der Waals surface area contributed by atoms with Gasteiger partial charge in [0, 0.05) is 5.56 Å². The predicted octanol–water partition coefficient (Wildman–Crippen LogP) is 3.82. The second-order valence-electron chi connectivity index (χ2n) is 5.92. The van der Waals surface area contributed by atoms with E-state index in [4.69, 9.17) is 4.74 Å². The van der Waals surface area contributed by atoms with Gasteiger partial charge < -0.3 is 9.84 Å². The summed E-state index contributed by atoms with van der Waals surface area (Å²) in [6.45, 7) is 5.91. The lowest BCUT2D eigenvalue weighted by Gasteiger charge is -2.10. The van der Waals surface area contributed by atoms with Crippen molar-refractivity contribution in [2.24, 2.45) is 5.10 Å². The number of carbonyl (C=O) groups is 1. The molecule has 2 rings (SSSR count). The van der Waals surface area contributed by atoms with E-state index >= 15 is 0 Å². The van der Waals surface area contributed by atoms with Crippen LogP contribution in [0.25, 0.3) is 0 Å². The number of hydrogen-bond acceptors (Lipinski definition) is 4. The minimum Gasteiger partial charge on any atom is -0.507 e. The summed E-state index contributed by atoms with van der Waals surface area (Å²) >= 11 is 0. The number of benzene rings is 2. The highest BCUT2D eigenvalue weighted by Gasteiger charge is 2.06. The zero-order valence-corrected chi connectivity index (χ0v) is 14.8. The van der Waals surface area contributed by atoms with Crippen LogP contribution >= 0.6 is 0 Å². The van der Waals surface area contributed by atoms with E-state index in [9.17, 15) is 9.90 Å². The van der Waals surface area contributed by atoms with E-state index in [1.807, 2.05) is 24.3 Å². The molecule has 0 aliphatic rings. The number of hydrazone groups is 1. The maximum absolute atomic E-state index is 11.9. The van der Waals surface area contributed by atoms with Crippen molar-refractivity contribution in [2.45, 2.75) is 33.1 Å². The van der Waals surface area contributed by atoms with Crippen LogP contribution in [-0.4, -0.2) is 23.3 Å². The molecular weight excluding hydrogens is 316 g/mol. The molecule has 2 aromatic carbocycles. The Labute approximate surface area is 148 Å². The van der Waals surface area contributed by atoms with Gasteiger partial charge in [0.25, 0.3) is 5.91 Å². The van der Waals surface area contributed by atoms with E-state index in [0.29, 0.717) is 22.9 Å². The third kappa shape index (κ3) is 5.35. The molecule has 25 heavy (non-hydrogen) atoms. The van der Waals surface area contributed by atoms with Gasteiger partial charge in [-0.15, -0.1) is 0 Å². The van der Waals surface area contributed by atoms with Gasteiger partial charge >= 0.3 is 0 Å². The minimum atomic E-state index is -0.360. The molecule has 0 saturated heterocycles. The van der Waals surface area contributed by atoms with Gasteiger partial charge in [-0.25, -0.2) is 5.43 Å². The fourth-order valence-electron chi connectivity index (χ4n) is 2.30. The van der Waals surface area contributed by atoms with Gasteiger partial charge in [0.2, 0.25) is 0 Å². The Morgan fingerprint density at radius 3 is 2.52 bits per heavy atom. The van der Waals surface area contributed by atoms with Gasteiger partial charge in [0.1, 0.15) is 11.5 Å². The van der Waals surface area contributed by atoms with E-state index in [0.717, 1.165) is 6.42 Å². The first kappa shape index (κ1) is 18.5. The molecule has 0 radical (unpaired) electrons. The number of hydrogen-bond donors (Lipinski definition) is 2. The summed E-state index contributed by atoms with van der Waals surface area (Å²) in [5.41, 5.74) is 4.77. The SMILES string of the molecule is CCC(C)c1ccc(OCC(=O)NN=C(C)c2ccccc2O)cc1. The first-order valence-corrected chi connectivity index (χ1v) is 8.35. The highest BCUT2D eigenvalue weighted by molar-refractivity contribution is 6.01. The quantitative estimate of drug-likeness (QED) is 0.594. The van der Waals surface area contributed by atoms with Crippen LogP contribution in [0.2, 0.25) is 0 Å².